The maximum Gasteiger partial charge on any atom is 0.341 e. The van der Waals surface area contributed by atoms with Gasteiger partial charge in [0, 0.05) is 12.1 Å². The van der Waals surface area contributed by atoms with Crippen molar-refractivity contribution in [1.29, 1.82) is 0 Å². The van der Waals surface area contributed by atoms with Gasteiger partial charge in [0.15, 0.2) is 11.6 Å². The third-order valence-corrected chi connectivity index (χ3v) is 2.56. The molecule has 5 nitrogen and oxygen atoms in total. The van der Waals surface area contributed by atoms with Gasteiger partial charge in [0.25, 0.3) is 0 Å². The number of benzene rings is 1. The average Bonchev–Trinajstić information content (AvgIpc) is 2.45. The number of carbonyl (C=O) groups is 1. The fraction of sp³-hybridized carbons (Fsp3) is 0.0769. The number of halogens is 3. The number of nitrogens with two attached hydrogens (primary N) is 1. The summed E-state index contributed by atoms with van der Waals surface area (Å²) >= 11 is 0. The van der Waals surface area contributed by atoms with E-state index >= 15 is 0 Å². The van der Waals surface area contributed by atoms with Crippen LogP contribution in [0, 0.1) is 17.5 Å². The molecule has 0 radical (unpaired) electrons. The molecule has 1 heterocycles. The van der Waals surface area contributed by atoms with Crippen molar-refractivity contribution < 1.29 is 22.7 Å². The fourth-order valence-corrected chi connectivity index (χ4v) is 1.62. The molecule has 1 aromatic carbocycles. The van der Waals surface area contributed by atoms with E-state index in [1.807, 2.05) is 0 Å². The molecule has 0 aliphatic heterocycles. The number of aromatic nitrogens is 1. The zero-order valence-electron chi connectivity index (χ0n) is 10.8. The van der Waals surface area contributed by atoms with Gasteiger partial charge in [-0.25, -0.2) is 22.9 Å². The first-order chi connectivity index (χ1) is 9.92. The Morgan fingerprint density at radius 2 is 2.00 bits per heavy atom. The van der Waals surface area contributed by atoms with Crippen LogP contribution < -0.4 is 11.1 Å². The average molecular weight is 297 g/mol. The molecule has 0 unspecified atom stereocenters. The van der Waals surface area contributed by atoms with Crippen LogP contribution in [0.2, 0.25) is 0 Å². The van der Waals surface area contributed by atoms with Gasteiger partial charge in [0.2, 0.25) is 0 Å². The molecule has 110 valence electrons. The summed E-state index contributed by atoms with van der Waals surface area (Å²) in [6.45, 7) is 0. The molecule has 1 aromatic heterocycles. The monoisotopic (exact) mass is 297 g/mol. The minimum atomic E-state index is -1.37. The fourth-order valence-electron chi connectivity index (χ4n) is 1.62. The maximum atomic E-state index is 13.6. The third-order valence-electron chi connectivity index (χ3n) is 2.56. The summed E-state index contributed by atoms with van der Waals surface area (Å²) in [7, 11) is 1.14. The normalized spacial score (nSPS) is 10.3. The van der Waals surface area contributed by atoms with E-state index in [0.29, 0.717) is 6.07 Å². The van der Waals surface area contributed by atoms with Gasteiger partial charge in [-0.15, -0.1) is 0 Å². The second-order valence-electron chi connectivity index (χ2n) is 4.03. The molecule has 0 aliphatic rings. The maximum absolute atomic E-state index is 13.6. The predicted molar refractivity (Wildman–Crippen MR) is 69.6 cm³/mol. The van der Waals surface area contributed by atoms with Crippen molar-refractivity contribution in [2.45, 2.75) is 0 Å². The molecule has 0 atom stereocenters. The van der Waals surface area contributed by atoms with E-state index in [4.69, 9.17) is 5.73 Å². The second kappa shape index (κ2) is 5.70. The highest BCUT2D eigenvalue weighted by molar-refractivity contribution is 5.96. The Labute approximate surface area is 117 Å². The topological polar surface area (TPSA) is 77.2 Å². The van der Waals surface area contributed by atoms with Crippen LogP contribution in [0.1, 0.15) is 10.4 Å². The summed E-state index contributed by atoms with van der Waals surface area (Å²) in [5.41, 5.74) is 5.07. The molecule has 2 aromatic rings. The molecule has 0 saturated carbocycles. The first-order valence-electron chi connectivity index (χ1n) is 5.67. The highest BCUT2D eigenvalue weighted by Crippen LogP contribution is 2.25. The molecule has 2 rings (SSSR count). The van der Waals surface area contributed by atoms with Crippen molar-refractivity contribution in [3.8, 4) is 0 Å². The van der Waals surface area contributed by atoms with Crippen LogP contribution in [0.4, 0.5) is 30.4 Å². The lowest BCUT2D eigenvalue weighted by Crippen LogP contribution is -2.09. The van der Waals surface area contributed by atoms with Gasteiger partial charge in [-0.1, -0.05) is 0 Å². The van der Waals surface area contributed by atoms with Crippen molar-refractivity contribution >= 4 is 23.2 Å². The quantitative estimate of drug-likeness (QED) is 0.672. The number of pyridine rings is 1. The molecular weight excluding hydrogens is 287 g/mol. The standard InChI is InChI=1S/C13H10F3N3O2/c1-21-13(20)8-4-7(17)5-18-12(8)19-10-3-6(14)2-9(15)11(10)16/h2-5H,17H2,1H3,(H,18,19). The minimum Gasteiger partial charge on any atom is -0.465 e. The van der Waals surface area contributed by atoms with Crippen molar-refractivity contribution in [2.75, 3.05) is 18.2 Å². The van der Waals surface area contributed by atoms with Gasteiger partial charge >= 0.3 is 5.97 Å². The number of ether oxygens (including phenoxy) is 1. The number of nitrogens with one attached hydrogen (secondary N) is 1. The number of carbonyl (C=O) groups excluding carboxylic acids is 1. The highest BCUT2D eigenvalue weighted by Gasteiger charge is 2.17. The van der Waals surface area contributed by atoms with Crippen molar-refractivity contribution in [2.24, 2.45) is 0 Å². The lowest BCUT2D eigenvalue weighted by atomic mass is 10.2. The summed E-state index contributed by atoms with van der Waals surface area (Å²) in [4.78, 5) is 15.4. The van der Waals surface area contributed by atoms with Crippen molar-refractivity contribution in [3.05, 3.63) is 47.4 Å². The number of rotatable bonds is 3. The van der Waals surface area contributed by atoms with Gasteiger partial charge in [-0.3, -0.25) is 0 Å². The third kappa shape index (κ3) is 3.04. The summed E-state index contributed by atoms with van der Waals surface area (Å²) in [5, 5.41) is 2.34. The molecule has 0 amide bonds. The Morgan fingerprint density at radius 1 is 1.29 bits per heavy atom. The number of esters is 1. The molecule has 0 fully saturated rings. The first-order valence-corrected chi connectivity index (χ1v) is 5.67. The van der Waals surface area contributed by atoms with Crippen LogP contribution in [-0.4, -0.2) is 18.1 Å². The molecular formula is C13H10F3N3O2. The van der Waals surface area contributed by atoms with Crippen LogP contribution >= 0.6 is 0 Å². The van der Waals surface area contributed by atoms with E-state index in [0.717, 1.165) is 13.2 Å². The highest BCUT2D eigenvalue weighted by atomic mass is 19.2. The smallest absolute Gasteiger partial charge is 0.341 e. The molecule has 0 spiro atoms. The van der Waals surface area contributed by atoms with Crippen molar-refractivity contribution in [3.63, 3.8) is 0 Å². The number of nitrogen functional groups attached to an aromatic ring is 1. The van der Waals surface area contributed by atoms with E-state index in [2.05, 4.69) is 15.0 Å². The molecule has 8 heteroatoms. The van der Waals surface area contributed by atoms with E-state index < -0.39 is 29.1 Å². The molecule has 3 N–H and O–H groups in total. The van der Waals surface area contributed by atoms with E-state index in [-0.39, 0.29) is 17.1 Å². The van der Waals surface area contributed by atoms with E-state index in [9.17, 15) is 18.0 Å². The van der Waals surface area contributed by atoms with Gasteiger partial charge in [-0.2, -0.15) is 0 Å². The second-order valence-corrected chi connectivity index (χ2v) is 4.03. The zero-order chi connectivity index (χ0) is 15.6. The van der Waals surface area contributed by atoms with Crippen LogP contribution in [-0.2, 0) is 4.74 Å². The summed E-state index contributed by atoms with van der Waals surface area (Å²) in [6.07, 6.45) is 1.20. The first kappa shape index (κ1) is 14.6. The Bertz CT molecular complexity index is 707. The summed E-state index contributed by atoms with van der Waals surface area (Å²) in [6, 6.07) is 2.38. The molecule has 0 saturated heterocycles. The number of hydrogen-bond donors (Lipinski definition) is 2. The van der Waals surface area contributed by atoms with Gasteiger partial charge < -0.3 is 15.8 Å². The van der Waals surface area contributed by atoms with Gasteiger partial charge in [0.05, 0.1) is 24.7 Å². The summed E-state index contributed by atoms with van der Waals surface area (Å²) in [5.74, 6) is -4.57. The van der Waals surface area contributed by atoms with Crippen LogP contribution in [0.25, 0.3) is 0 Å². The van der Waals surface area contributed by atoms with Crippen molar-refractivity contribution in [1.82, 2.24) is 4.98 Å². The van der Waals surface area contributed by atoms with Gasteiger partial charge in [0.1, 0.15) is 17.2 Å². The molecule has 0 bridgehead atoms. The predicted octanol–water partition coefficient (Wildman–Crippen LogP) is 2.61. The van der Waals surface area contributed by atoms with Gasteiger partial charge in [-0.05, 0) is 6.07 Å². The number of methoxy groups -OCH3 is 1. The Balaban J connectivity index is 2.47. The Kier molecular flexibility index (Phi) is 3.97. The number of anilines is 3. The van der Waals surface area contributed by atoms with Crippen LogP contribution in [0.15, 0.2) is 24.4 Å². The number of hydrogen-bond acceptors (Lipinski definition) is 5. The molecule has 0 aliphatic carbocycles. The Morgan fingerprint density at radius 3 is 2.67 bits per heavy atom. The SMILES string of the molecule is COC(=O)c1cc(N)cnc1Nc1cc(F)cc(F)c1F. The lowest BCUT2D eigenvalue weighted by molar-refractivity contribution is 0.0601. The minimum absolute atomic E-state index is 0.0958. The Hall–Kier alpha value is -2.77. The zero-order valence-corrected chi connectivity index (χ0v) is 10.8. The number of nitrogens with zero attached hydrogens (tertiary/aromatic N) is 1. The largest absolute Gasteiger partial charge is 0.465 e. The van der Waals surface area contributed by atoms with E-state index in [1.165, 1.54) is 12.3 Å². The lowest BCUT2D eigenvalue weighted by Gasteiger charge is -2.11. The summed E-state index contributed by atoms with van der Waals surface area (Å²) < 4.78 is 44.4. The van der Waals surface area contributed by atoms with E-state index in [1.54, 1.807) is 0 Å². The van der Waals surface area contributed by atoms with Crippen LogP contribution in [0.3, 0.4) is 0 Å². The van der Waals surface area contributed by atoms with Crippen LogP contribution in [0.5, 0.6) is 0 Å². The molecule has 21 heavy (non-hydrogen) atoms.